The molecule has 0 aliphatic carbocycles. The summed E-state index contributed by atoms with van der Waals surface area (Å²) in [6, 6.07) is 0. The summed E-state index contributed by atoms with van der Waals surface area (Å²) in [6.07, 6.45) is 1.29. The second-order valence-electron chi connectivity index (χ2n) is 5.13. The largest absolute Gasteiger partial charge is 0.479 e. The summed E-state index contributed by atoms with van der Waals surface area (Å²) in [6.45, 7) is 6.02. The lowest BCUT2D eigenvalue weighted by atomic mass is 9.98. The van der Waals surface area contributed by atoms with Crippen molar-refractivity contribution in [1.82, 2.24) is 20.2 Å². The normalized spacial score (nSPS) is 16.1. The quantitative estimate of drug-likeness (QED) is 0.821. The Labute approximate surface area is 111 Å². The highest BCUT2D eigenvalue weighted by molar-refractivity contribution is 7.91. The third-order valence-electron chi connectivity index (χ3n) is 3.55. The fourth-order valence-corrected chi connectivity index (χ4v) is 1.91. The molecule has 0 aliphatic rings. The van der Waals surface area contributed by atoms with Crippen molar-refractivity contribution in [3.05, 3.63) is 5.82 Å². The predicted molar refractivity (Wildman–Crippen MR) is 67.3 cm³/mol. The molecule has 1 unspecified atom stereocenters. The molecule has 1 rings (SSSR count). The van der Waals surface area contributed by atoms with Gasteiger partial charge in [-0.1, -0.05) is 6.92 Å². The van der Waals surface area contributed by atoms with Gasteiger partial charge in [-0.05, 0) is 37.6 Å². The van der Waals surface area contributed by atoms with E-state index in [1.54, 1.807) is 6.92 Å². The van der Waals surface area contributed by atoms with E-state index in [9.17, 15) is 18.3 Å². The van der Waals surface area contributed by atoms with E-state index < -0.39 is 26.1 Å². The fourth-order valence-electron chi connectivity index (χ4n) is 1.45. The average Bonchev–Trinajstić information content (AvgIpc) is 2.75. The molecule has 0 spiro atoms. The number of sulfone groups is 1. The molecule has 0 amide bonds. The Bertz CT molecular complexity index is 592. The zero-order valence-corrected chi connectivity index (χ0v) is 12.4. The van der Waals surface area contributed by atoms with Crippen LogP contribution >= 0.6 is 0 Å². The minimum absolute atomic E-state index is 0.0155. The summed E-state index contributed by atoms with van der Waals surface area (Å²) in [7, 11) is -3.50. The van der Waals surface area contributed by atoms with Crippen LogP contribution in [0.2, 0.25) is 0 Å². The zero-order valence-electron chi connectivity index (χ0n) is 11.6. The maximum Gasteiger partial charge on any atom is 0.331 e. The lowest BCUT2D eigenvalue weighted by Crippen LogP contribution is -2.44. The maximum atomic E-state index is 11.8. The molecule has 0 aliphatic heterocycles. The molecule has 8 nitrogen and oxygen atoms in total. The van der Waals surface area contributed by atoms with Gasteiger partial charge in [0.05, 0.1) is 0 Å². The molecule has 19 heavy (non-hydrogen) atoms. The number of hydrogen-bond acceptors (Lipinski definition) is 6. The Morgan fingerprint density at radius 2 is 1.89 bits per heavy atom. The van der Waals surface area contributed by atoms with Gasteiger partial charge in [0.1, 0.15) is 4.75 Å². The van der Waals surface area contributed by atoms with Crippen LogP contribution in [0.25, 0.3) is 0 Å². The van der Waals surface area contributed by atoms with Gasteiger partial charge in [-0.25, -0.2) is 17.9 Å². The average molecular weight is 290 g/mol. The maximum absolute atomic E-state index is 11.8. The Balaban J connectivity index is 3.54. The molecule has 1 aromatic heterocycles. The van der Waals surface area contributed by atoms with E-state index in [0.717, 1.165) is 10.9 Å². The molecule has 0 radical (unpaired) electrons. The van der Waals surface area contributed by atoms with Crippen LogP contribution in [0.5, 0.6) is 0 Å². The highest BCUT2D eigenvalue weighted by atomic mass is 32.2. The molecule has 1 N–H and O–H groups in total. The molecule has 1 aromatic rings. The number of aliphatic carboxylic acids is 1. The van der Waals surface area contributed by atoms with Crippen LogP contribution in [0.4, 0.5) is 0 Å². The van der Waals surface area contributed by atoms with Crippen molar-refractivity contribution in [1.29, 1.82) is 0 Å². The lowest BCUT2D eigenvalue weighted by molar-refractivity contribution is -0.147. The highest BCUT2D eigenvalue weighted by Gasteiger charge is 2.44. The highest BCUT2D eigenvalue weighted by Crippen LogP contribution is 2.31. The van der Waals surface area contributed by atoms with Gasteiger partial charge in [0.25, 0.3) is 0 Å². The van der Waals surface area contributed by atoms with Crippen LogP contribution in [0.15, 0.2) is 0 Å². The second kappa shape index (κ2) is 4.55. The Kier molecular flexibility index (Phi) is 3.72. The topological polar surface area (TPSA) is 115 Å². The van der Waals surface area contributed by atoms with Crippen LogP contribution in [0.3, 0.4) is 0 Å². The van der Waals surface area contributed by atoms with Gasteiger partial charge in [-0.15, -0.1) is 5.10 Å². The van der Waals surface area contributed by atoms with Crippen LogP contribution in [0.1, 0.15) is 39.9 Å². The molecule has 0 saturated heterocycles. The van der Waals surface area contributed by atoms with Crippen LogP contribution in [-0.4, -0.2) is 46.0 Å². The summed E-state index contributed by atoms with van der Waals surface area (Å²) < 4.78 is 23.4. The van der Waals surface area contributed by atoms with E-state index in [2.05, 4.69) is 15.5 Å². The van der Waals surface area contributed by atoms with E-state index in [4.69, 9.17) is 0 Å². The van der Waals surface area contributed by atoms with Crippen molar-refractivity contribution in [3.8, 4) is 0 Å². The molecule has 108 valence electrons. The number of hydrogen-bond donors (Lipinski definition) is 1. The number of rotatable bonds is 5. The standard InChI is InChI=1S/C10H18N4O4S/c1-6-10(4,8(15)16)14-7(11-12-13-14)9(2,3)19(5,17)18/h6H2,1-5H3,(H,15,16). The zero-order chi connectivity index (χ0) is 15.1. The van der Waals surface area contributed by atoms with E-state index in [1.807, 2.05) is 0 Å². The first-order valence-corrected chi connectivity index (χ1v) is 7.60. The monoisotopic (exact) mass is 290 g/mol. The Morgan fingerprint density at radius 3 is 2.26 bits per heavy atom. The molecule has 0 fully saturated rings. The molecule has 1 heterocycles. The summed E-state index contributed by atoms with van der Waals surface area (Å²) in [5, 5.41) is 20.1. The number of carbonyl (C=O) groups is 1. The third kappa shape index (κ3) is 2.34. The minimum Gasteiger partial charge on any atom is -0.479 e. The summed E-state index contributed by atoms with van der Waals surface area (Å²) in [5.74, 6) is -1.10. The van der Waals surface area contributed by atoms with E-state index in [0.29, 0.717) is 0 Å². The van der Waals surface area contributed by atoms with Gasteiger partial charge in [-0.2, -0.15) is 0 Å². The Hall–Kier alpha value is -1.51. The lowest BCUT2D eigenvalue weighted by Gasteiger charge is -2.28. The SMILES string of the molecule is CCC(C)(C(=O)O)n1nnnc1C(C)(C)S(C)(=O)=O. The number of carboxylic acid groups (broad SMARTS) is 1. The molecular weight excluding hydrogens is 272 g/mol. The van der Waals surface area contributed by atoms with Gasteiger partial charge in [0.2, 0.25) is 0 Å². The van der Waals surface area contributed by atoms with Crippen LogP contribution in [-0.2, 0) is 24.9 Å². The van der Waals surface area contributed by atoms with Gasteiger partial charge in [-0.3, -0.25) is 0 Å². The second-order valence-corrected chi connectivity index (χ2v) is 7.69. The molecule has 0 saturated carbocycles. The van der Waals surface area contributed by atoms with Gasteiger partial charge >= 0.3 is 5.97 Å². The third-order valence-corrected chi connectivity index (χ3v) is 5.59. The van der Waals surface area contributed by atoms with Crippen LogP contribution in [0, 0.1) is 0 Å². The van der Waals surface area contributed by atoms with Crippen molar-refractivity contribution in [2.45, 2.75) is 44.4 Å². The molecular formula is C10H18N4O4S. The minimum atomic E-state index is -3.50. The van der Waals surface area contributed by atoms with Gasteiger partial charge in [0.15, 0.2) is 21.2 Å². The number of nitrogens with zero attached hydrogens (tertiary/aromatic N) is 4. The van der Waals surface area contributed by atoms with Gasteiger partial charge in [0, 0.05) is 6.26 Å². The smallest absolute Gasteiger partial charge is 0.331 e. The van der Waals surface area contributed by atoms with E-state index in [1.165, 1.54) is 20.8 Å². The van der Waals surface area contributed by atoms with E-state index >= 15 is 0 Å². The first-order valence-electron chi connectivity index (χ1n) is 5.70. The summed E-state index contributed by atoms with van der Waals surface area (Å²) in [4.78, 5) is 11.4. The molecule has 0 bridgehead atoms. The first kappa shape index (κ1) is 15.5. The van der Waals surface area contributed by atoms with Gasteiger partial charge < -0.3 is 5.11 Å². The number of carboxylic acids is 1. The summed E-state index contributed by atoms with van der Waals surface area (Å²) >= 11 is 0. The predicted octanol–water partition coefficient (Wildman–Crippen LogP) is 0.163. The Morgan fingerprint density at radius 1 is 1.37 bits per heavy atom. The van der Waals surface area contributed by atoms with Crippen molar-refractivity contribution in [3.63, 3.8) is 0 Å². The number of aromatic nitrogens is 4. The number of tetrazole rings is 1. The molecule has 0 aromatic carbocycles. The summed E-state index contributed by atoms with van der Waals surface area (Å²) in [5.41, 5.74) is -1.39. The van der Waals surface area contributed by atoms with Crippen molar-refractivity contribution in [2.24, 2.45) is 0 Å². The first-order chi connectivity index (χ1) is 8.48. The van der Waals surface area contributed by atoms with Crippen molar-refractivity contribution < 1.29 is 18.3 Å². The van der Waals surface area contributed by atoms with Crippen molar-refractivity contribution >= 4 is 15.8 Å². The van der Waals surface area contributed by atoms with Crippen molar-refractivity contribution in [2.75, 3.05) is 6.26 Å². The molecule has 9 heteroatoms. The van der Waals surface area contributed by atoms with Crippen LogP contribution < -0.4 is 0 Å². The fraction of sp³-hybridized carbons (Fsp3) is 0.800. The van der Waals surface area contributed by atoms with E-state index in [-0.39, 0.29) is 12.2 Å². The molecule has 1 atom stereocenters.